The molecule has 1 aliphatic carbocycles. The summed E-state index contributed by atoms with van der Waals surface area (Å²) in [7, 11) is 0. The summed E-state index contributed by atoms with van der Waals surface area (Å²) in [6.45, 7) is 0. The van der Waals surface area contributed by atoms with Crippen LogP contribution in [0.2, 0.25) is 0 Å². The van der Waals surface area contributed by atoms with E-state index in [0.29, 0.717) is 6.04 Å². The highest BCUT2D eigenvalue weighted by Gasteiger charge is 2.21. The predicted octanol–water partition coefficient (Wildman–Crippen LogP) is 0.282. The second-order valence-corrected chi connectivity index (χ2v) is 3.78. The van der Waals surface area contributed by atoms with Crippen molar-refractivity contribution in [3.8, 4) is 0 Å². The van der Waals surface area contributed by atoms with Gasteiger partial charge in [-0.05, 0) is 38.5 Å². The van der Waals surface area contributed by atoms with E-state index >= 15 is 0 Å². The first kappa shape index (κ1) is 8.97. The Bertz CT molecular complexity index is 111. The normalized spacial score (nSPS) is 27.5. The van der Waals surface area contributed by atoms with Gasteiger partial charge >= 0.3 is 0 Å². The molecule has 0 bridgehead atoms. The van der Waals surface area contributed by atoms with Gasteiger partial charge in [-0.1, -0.05) is 0 Å². The second-order valence-electron chi connectivity index (χ2n) is 3.78. The first-order valence-corrected chi connectivity index (χ1v) is 4.43. The zero-order chi connectivity index (χ0) is 8.32. The largest absolute Gasteiger partial charge is 0.328 e. The third-order valence-corrected chi connectivity index (χ3v) is 2.43. The lowest BCUT2D eigenvalue weighted by molar-refractivity contribution is 0.312. The zero-order valence-corrected chi connectivity index (χ0v) is 7.05. The molecule has 0 atom stereocenters. The maximum atomic E-state index is 5.83. The van der Waals surface area contributed by atoms with Gasteiger partial charge in [-0.3, -0.25) is 0 Å². The molecule has 1 rings (SSSR count). The molecule has 0 aliphatic heterocycles. The van der Waals surface area contributed by atoms with Crippen LogP contribution < -0.4 is 17.2 Å². The lowest BCUT2D eigenvalue weighted by atomic mass is 9.90. The highest BCUT2D eigenvalue weighted by atomic mass is 14.9. The van der Waals surface area contributed by atoms with E-state index in [1.807, 2.05) is 0 Å². The van der Waals surface area contributed by atoms with Gasteiger partial charge in [0, 0.05) is 6.04 Å². The average molecular weight is 157 g/mol. The Morgan fingerprint density at radius 2 is 1.45 bits per heavy atom. The van der Waals surface area contributed by atoms with Gasteiger partial charge in [0.05, 0.1) is 5.66 Å². The topological polar surface area (TPSA) is 78.1 Å². The van der Waals surface area contributed by atoms with E-state index in [2.05, 4.69) is 0 Å². The summed E-state index contributed by atoms with van der Waals surface area (Å²) in [4.78, 5) is 0. The van der Waals surface area contributed by atoms with Crippen LogP contribution in [0, 0.1) is 0 Å². The summed E-state index contributed by atoms with van der Waals surface area (Å²) < 4.78 is 0. The Kier molecular flexibility index (Phi) is 2.87. The first-order valence-electron chi connectivity index (χ1n) is 4.43. The highest BCUT2D eigenvalue weighted by Crippen LogP contribution is 2.19. The van der Waals surface area contributed by atoms with Crippen LogP contribution in [0.15, 0.2) is 0 Å². The molecule has 0 amide bonds. The van der Waals surface area contributed by atoms with Gasteiger partial charge in [-0.15, -0.1) is 0 Å². The molecule has 0 radical (unpaired) electrons. The van der Waals surface area contributed by atoms with Crippen LogP contribution in [0.5, 0.6) is 0 Å². The van der Waals surface area contributed by atoms with Crippen molar-refractivity contribution in [1.82, 2.24) is 0 Å². The van der Waals surface area contributed by atoms with Crippen molar-refractivity contribution in [1.29, 1.82) is 0 Å². The lowest BCUT2D eigenvalue weighted by Gasteiger charge is -2.28. The van der Waals surface area contributed by atoms with Gasteiger partial charge in [0.1, 0.15) is 0 Å². The van der Waals surface area contributed by atoms with Gasteiger partial charge in [0.2, 0.25) is 0 Å². The van der Waals surface area contributed by atoms with Crippen LogP contribution in [-0.2, 0) is 0 Å². The molecule has 66 valence electrons. The number of hydrogen-bond acceptors (Lipinski definition) is 3. The predicted molar refractivity (Wildman–Crippen MR) is 46.8 cm³/mol. The van der Waals surface area contributed by atoms with Crippen molar-refractivity contribution in [2.45, 2.75) is 50.2 Å². The fourth-order valence-corrected chi connectivity index (χ4v) is 1.66. The Balaban J connectivity index is 2.35. The average Bonchev–Trinajstić information content (AvgIpc) is 1.83. The monoisotopic (exact) mass is 157 g/mol. The van der Waals surface area contributed by atoms with Crippen LogP contribution in [0.4, 0.5) is 0 Å². The van der Waals surface area contributed by atoms with Crippen molar-refractivity contribution in [2.75, 3.05) is 0 Å². The van der Waals surface area contributed by atoms with Gasteiger partial charge in [0.25, 0.3) is 0 Å². The molecule has 0 spiro atoms. The maximum absolute atomic E-state index is 5.83. The van der Waals surface area contributed by atoms with E-state index in [4.69, 9.17) is 17.2 Å². The summed E-state index contributed by atoms with van der Waals surface area (Å²) >= 11 is 0. The van der Waals surface area contributed by atoms with E-state index in [9.17, 15) is 0 Å². The number of hydrogen-bond donors (Lipinski definition) is 3. The zero-order valence-electron chi connectivity index (χ0n) is 7.05. The standard InChI is InChI=1S/C8H19N3/c9-7-3-1-5-8(10,11)6-2-4-7/h7H,1-6,9-11H2. The molecule has 3 nitrogen and oxygen atoms in total. The fraction of sp³-hybridized carbons (Fsp3) is 1.00. The number of rotatable bonds is 0. The molecule has 0 unspecified atom stereocenters. The molecule has 0 aromatic rings. The van der Waals surface area contributed by atoms with Crippen molar-refractivity contribution in [3.05, 3.63) is 0 Å². The minimum atomic E-state index is -0.417. The van der Waals surface area contributed by atoms with Gasteiger partial charge < -0.3 is 17.2 Å². The summed E-state index contributed by atoms with van der Waals surface area (Å²) in [6, 6.07) is 0.381. The molecule has 1 saturated carbocycles. The molecule has 1 fully saturated rings. The van der Waals surface area contributed by atoms with E-state index in [-0.39, 0.29) is 0 Å². The van der Waals surface area contributed by atoms with Gasteiger partial charge in [-0.2, -0.15) is 0 Å². The Hall–Kier alpha value is -0.120. The highest BCUT2D eigenvalue weighted by molar-refractivity contribution is 4.80. The molecule has 6 N–H and O–H groups in total. The van der Waals surface area contributed by atoms with E-state index < -0.39 is 5.66 Å². The SMILES string of the molecule is NC1CCCC(N)(N)CCC1. The molecule has 0 aromatic carbocycles. The Morgan fingerprint density at radius 1 is 1.00 bits per heavy atom. The summed E-state index contributed by atoms with van der Waals surface area (Å²) in [5, 5.41) is 0. The summed E-state index contributed by atoms with van der Waals surface area (Å²) in [6.07, 6.45) is 6.15. The van der Waals surface area contributed by atoms with Crippen LogP contribution >= 0.6 is 0 Å². The summed E-state index contributed by atoms with van der Waals surface area (Å²) in [5.74, 6) is 0. The molecule has 1 aliphatic rings. The minimum absolute atomic E-state index is 0.381. The first-order chi connectivity index (χ1) is 5.10. The maximum Gasteiger partial charge on any atom is 0.0636 e. The van der Waals surface area contributed by atoms with E-state index in [1.165, 1.54) is 0 Å². The van der Waals surface area contributed by atoms with E-state index in [1.54, 1.807) is 0 Å². The smallest absolute Gasteiger partial charge is 0.0636 e. The lowest BCUT2D eigenvalue weighted by Crippen LogP contribution is -2.50. The summed E-state index contributed by atoms with van der Waals surface area (Å²) in [5.41, 5.74) is 17.1. The fourth-order valence-electron chi connectivity index (χ4n) is 1.66. The van der Waals surface area contributed by atoms with Gasteiger partial charge in [0.15, 0.2) is 0 Å². The third kappa shape index (κ3) is 3.18. The molecule has 3 heteroatoms. The Morgan fingerprint density at radius 3 is 1.91 bits per heavy atom. The molecule has 0 heterocycles. The van der Waals surface area contributed by atoms with Crippen LogP contribution in [-0.4, -0.2) is 11.7 Å². The van der Waals surface area contributed by atoms with Crippen LogP contribution in [0.1, 0.15) is 38.5 Å². The van der Waals surface area contributed by atoms with Crippen molar-refractivity contribution >= 4 is 0 Å². The van der Waals surface area contributed by atoms with Crippen LogP contribution in [0.25, 0.3) is 0 Å². The van der Waals surface area contributed by atoms with Crippen LogP contribution in [0.3, 0.4) is 0 Å². The quantitative estimate of drug-likeness (QED) is 0.442. The molecular weight excluding hydrogens is 138 g/mol. The second kappa shape index (κ2) is 3.52. The molecule has 0 aromatic heterocycles. The minimum Gasteiger partial charge on any atom is -0.328 e. The van der Waals surface area contributed by atoms with Gasteiger partial charge in [-0.25, -0.2) is 0 Å². The Labute approximate surface area is 68.3 Å². The van der Waals surface area contributed by atoms with E-state index in [0.717, 1.165) is 38.5 Å². The van der Waals surface area contributed by atoms with Crippen molar-refractivity contribution in [3.63, 3.8) is 0 Å². The van der Waals surface area contributed by atoms with Crippen molar-refractivity contribution in [2.24, 2.45) is 17.2 Å². The molecule has 11 heavy (non-hydrogen) atoms. The third-order valence-electron chi connectivity index (χ3n) is 2.43. The van der Waals surface area contributed by atoms with Crippen molar-refractivity contribution < 1.29 is 0 Å². The number of nitrogens with two attached hydrogens (primary N) is 3. The molecule has 0 saturated heterocycles. The molecular formula is C8H19N3.